The van der Waals surface area contributed by atoms with E-state index in [2.05, 4.69) is 31.4 Å². The highest BCUT2D eigenvalue weighted by Gasteiger charge is 2.40. The van der Waals surface area contributed by atoms with Crippen molar-refractivity contribution in [3.8, 4) is 0 Å². The monoisotopic (exact) mass is 382 g/mol. The molecule has 1 saturated heterocycles. The zero-order valence-corrected chi connectivity index (χ0v) is 14.3. The minimum absolute atomic E-state index is 0.0758. The van der Waals surface area contributed by atoms with E-state index >= 15 is 0 Å². The van der Waals surface area contributed by atoms with Crippen LogP contribution in [0, 0.1) is 5.92 Å². The minimum atomic E-state index is -3.65. The molecule has 2 rings (SSSR count). The van der Waals surface area contributed by atoms with Crippen molar-refractivity contribution in [2.24, 2.45) is 5.92 Å². The number of carbonyl (C=O) groups is 1. The number of carbonyl (C=O) groups excluding carboxylic acids is 1. The van der Waals surface area contributed by atoms with Crippen LogP contribution in [0.3, 0.4) is 0 Å². The van der Waals surface area contributed by atoms with Gasteiger partial charge in [0.15, 0.2) is 0 Å². The molecular formula is C10H15BrN4O3S2. The smallest absolute Gasteiger partial charge is 0.272 e. The molecule has 1 aromatic rings. The Morgan fingerprint density at radius 2 is 2.25 bits per heavy atom. The second-order valence-electron chi connectivity index (χ2n) is 4.66. The molecule has 2 heterocycles. The number of sulfonamides is 1. The summed E-state index contributed by atoms with van der Waals surface area (Å²) in [4.78, 5) is 10.9. The summed E-state index contributed by atoms with van der Waals surface area (Å²) < 4.78 is 26.5. The summed E-state index contributed by atoms with van der Waals surface area (Å²) in [5.74, 6) is -0.00915. The second-order valence-corrected chi connectivity index (χ2v) is 8.35. The fourth-order valence-electron chi connectivity index (χ4n) is 2.12. The summed E-state index contributed by atoms with van der Waals surface area (Å²) in [5, 5.41) is 10.6. The van der Waals surface area contributed by atoms with Crippen molar-refractivity contribution in [2.45, 2.75) is 30.6 Å². The SMILES string of the molecule is CC(=O)Nc1nnc(S(=O)(=O)N2CCC(C)C2CBr)s1. The van der Waals surface area contributed by atoms with E-state index < -0.39 is 10.0 Å². The maximum Gasteiger partial charge on any atom is 0.272 e. The molecule has 0 saturated carbocycles. The van der Waals surface area contributed by atoms with E-state index in [0.29, 0.717) is 17.8 Å². The molecule has 20 heavy (non-hydrogen) atoms. The predicted octanol–water partition coefficient (Wildman–Crippen LogP) is 1.29. The van der Waals surface area contributed by atoms with Crippen LogP contribution in [0.2, 0.25) is 0 Å². The Labute approximate surface area is 129 Å². The third-order valence-electron chi connectivity index (χ3n) is 3.21. The third-order valence-corrected chi connectivity index (χ3v) is 6.98. The number of amides is 1. The van der Waals surface area contributed by atoms with Gasteiger partial charge in [0.2, 0.25) is 15.4 Å². The van der Waals surface area contributed by atoms with Crippen LogP contribution in [0.4, 0.5) is 5.13 Å². The minimum Gasteiger partial charge on any atom is -0.301 e. The lowest BCUT2D eigenvalue weighted by atomic mass is 10.1. The van der Waals surface area contributed by atoms with Gasteiger partial charge in [0.25, 0.3) is 10.0 Å². The van der Waals surface area contributed by atoms with Crippen molar-refractivity contribution in [2.75, 3.05) is 17.2 Å². The summed E-state index contributed by atoms with van der Waals surface area (Å²) in [7, 11) is -3.65. The normalized spacial score (nSPS) is 23.9. The number of nitrogens with zero attached hydrogens (tertiary/aromatic N) is 3. The molecule has 1 fully saturated rings. The molecule has 10 heteroatoms. The number of alkyl halides is 1. The van der Waals surface area contributed by atoms with Crippen molar-refractivity contribution in [1.29, 1.82) is 0 Å². The number of hydrogen-bond acceptors (Lipinski definition) is 6. The highest BCUT2D eigenvalue weighted by atomic mass is 79.9. The highest BCUT2D eigenvalue weighted by Crippen LogP contribution is 2.32. The average Bonchev–Trinajstić information content (AvgIpc) is 2.95. The summed E-state index contributed by atoms with van der Waals surface area (Å²) >= 11 is 4.23. The first-order valence-corrected chi connectivity index (χ1v) is 9.43. The molecule has 1 amide bonds. The third kappa shape index (κ3) is 3.02. The molecule has 2 atom stereocenters. The van der Waals surface area contributed by atoms with E-state index in [-0.39, 0.29) is 21.4 Å². The van der Waals surface area contributed by atoms with Crippen LogP contribution >= 0.6 is 27.3 Å². The lowest BCUT2D eigenvalue weighted by Crippen LogP contribution is -2.38. The van der Waals surface area contributed by atoms with Crippen molar-refractivity contribution in [3.05, 3.63) is 0 Å². The number of nitrogens with one attached hydrogen (secondary N) is 1. The fourth-order valence-corrected chi connectivity index (χ4v) is 6.09. The van der Waals surface area contributed by atoms with Gasteiger partial charge in [-0.2, -0.15) is 4.31 Å². The van der Waals surface area contributed by atoms with E-state index in [0.717, 1.165) is 17.8 Å². The number of hydrogen-bond donors (Lipinski definition) is 1. The van der Waals surface area contributed by atoms with E-state index in [1.54, 1.807) is 0 Å². The molecule has 112 valence electrons. The van der Waals surface area contributed by atoms with Gasteiger partial charge >= 0.3 is 0 Å². The Bertz CT molecular complexity index is 603. The first-order chi connectivity index (χ1) is 9.36. The highest BCUT2D eigenvalue weighted by molar-refractivity contribution is 9.09. The average molecular weight is 383 g/mol. The number of rotatable bonds is 4. The van der Waals surface area contributed by atoms with Crippen molar-refractivity contribution in [1.82, 2.24) is 14.5 Å². The van der Waals surface area contributed by atoms with E-state index in [4.69, 9.17) is 0 Å². The van der Waals surface area contributed by atoms with Gasteiger partial charge in [-0.15, -0.1) is 10.2 Å². The molecule has 0 aromatic carbocycles. The van der Waals surface area contributed by atoms with Crippen molar-refractivity contribution < 1.29 is 13.2 Å². The predicted molar refractivity (Wildman–Crippen MR) is 79.5 cm³/mol. The molecule has 1 aliphatic heterocycles. The molecular weight excluding hydrogens is 368 g/mol. The maximum absolute atomic E-state index is 12.5. The Hall–Kier alpha value is -0.580. The molecule has 0 radical (unpaired) electrons. The van der Waals surface area contributed by atoms with Gasteiger partial charge in [0, 0.05) is 24.8 Å². The molecule has 0 spiro atoms. The van der Waals surface area contributed by atoms with E-state index in [1.807, 2.05) is 6.92 Å². The molecule has 1 aromatic heterocycles. The Balaban J connectivity index is 2.26. The summed E-state index contributed by atoms with van der Waals surface area (Å²) in [5.41, 5.74) is 0. The molecule has 7 nitrogen and oxygen atoms in total. The van der Waals surface area contributed by atoms with Crippen LogP contribution in [0.5, 0.6) is 0 Å². The van der Waals surface area contributed by atoms with Gasteiger partial charge < -0.3 is 5.32 Å². The van der Waals surface area contributed by atoms with Crippen LogP contribution < -0.4 is 5.32 Å². The Kier molecular flexibility index (Phi) is 4.77. The number of halogens is 1. The standard InChI is InChI=1S/C10H15BrN4O3S2/c1-6-3-4-15(8(6)5-11)20(17,18)10-14-13-9(19-10)12-7(2)16/h6,8H,3-5H2,1-2H3,(H,12,13,16). The van der Waals surface area contributed by atoms with Crippen molar-refractivity contribution >= 4 is 48.3 Å². The Morgan fingerprint density at radius 3 is 2.85 bits per heavy atom. The number of anilines is 1. The molecule has 0 bridgehead atoms. The second kappa shape index (κ2) is 6.04. The molecule has 2 unspecified atom stereocenters. The lowest BCUT2D eigenvalue weighted by molar-refractivity contribution is -0.114. The van der Waals surface area contributed by atoms with Gasteiger partial charge in [-0.25, -0.2) is 8.42 Å². The fraction of sp³-hybridized carbons (Fsp3) is 0.700. The van der Waals surface area contributed by atoms with Crippen LogP contribution in [-0.2, 0) is 14.8 Å². The number of aromatic nitrogens is 2. The zero-order valence-electron chi connectivity index (χ0n) is 11.0. The maximum atomic E-state index is 12.5. The van der Waals surface area contributed by atoms with Crippen LogP contribution in [-0.4, -0.2) is 46.7 Å². The van der Waals surface area contributed by atoms with Crippen LogP contribution in [0.25, 0.3) is 0 Å². The summed E-state index contributed by atoms with van der Waals surface area (Å²) in [6.45, 7) is 3.84. The quantitative estimate of drug-likeness (QED) is 0.625. The van der Waals surface area contributed by atoms with Gasteiger partial charge in [-0.3, -0.25) is 4.79 Å². The lowest BCUT2D eigenvalue weighted by Gasteiger charge is -2.22. The molecule has 1 aliphatic rings. The van der Waals surface area contributed by atoms with Gasteiger partial charge in [0.05, 0.1) is 0 Å². The molecule has 0 aliphatic carbocycles. The van der Waals surface area contributed by atoms with E-state index in [1.165, 1.54) is 11.2 Å². The topological polar surface area (TPSA) is 92.3 Å². The van der Waals surface area contributed by atoms with E-state index in [9.17, 15) is 13.2 Å². The van der Waals surface area contributed by atoms with Gasteiger partial charge in [-0.05, 0) is 12.3 Å². The first-order valence-electron chi connectivity index (χ1n) is 6.05. The Morgan fingerprint density at radius 1 is 1.55 bits per heavy atom. The summed E-state index contributed by atoms with van der Waals surface area (Å²) in [6, 6.07) is -0.0758. The van der Waals surface area contributed by atoms with Gasteiger partial charge in [-0.1, -0.05) is 34.2 Å². The summed E-state index contributed by atoms with van der Waals surface area (Å²) in [6.07, 6.45) is 0.826. The largest absolute Gasteiger partial charge is 0.301 e. The molecule has 1 N–H and O–H groups in total. The zero-order chi connectivity index (χ0) is 14.9. The first kappa shape index (κ1) is 15.8. The van der Waals surface area contributed by atoms with Crippen molar-refractivity contribution in [3.63, 3.8) is 0 Å². The van der Waals surface area contributed by atoms with Crippen LogP contribution in [0.15, 0.2) is 4.34 Å². The van der Waals surface area contributed by atoms with Gasteiger partial charge in [0.1, 0.15) is 0 Å². The van der Waals surface area contributed by atoms with Crippen LogP contribution in [0.1, 0.15) is 20.3 Å².